The van der Waals surface area contributed by atoms with Gasteiger partial charge in [-0.15, -0.1) is 0 Å². The number of likely N-dealkylation sites (N-methyl/N-ethyl adjacent to an activating group) is 1. The van der Waals surface area contributed by atoms with Crippen LogP contribution in [0.2, 0.25) is 0 Å². The summed E-state index contributed by atoms with van der Waals surface area (Å²) in [6, 6.07) is 0.0959. The van der Waals surface area contributed by atoms with Crippen molar-refractivity contribution >= 4 is 5.91 Å². The SMILES string of the molecule is CNC1COCC1C(=O)NN. The number of hydrazine groups is 1. The van der Waals surface area contributed by atoms with Gasteiger partial charge < -0.3 is 10.1 Å². The Bertz CT molecular complexity index is 151. The third-order valence-corrected chi connectivity index (χ3v) is 1.93. The fourth-order valence-electron chi connectivity index (χ4n) is 1.20. The molecule has 1 saturated heterocycles. The van der Waals surface area contributed by atoms with Gasteiger partial charge in [-0.3, -0.25) is 10.2 Å². The van der Waals surface area contributed by atoms with Crippen molar-refractivity contribution in [3.8, 4) is 0 Å². The fraction of sp³-hybridized carbons (Fsp3) is 0.833. The standard InChI is InChI=1S/C6H13N3O2/c1-8-5-3-11-2-4(5)6(10)9-7/h4-5,8H,2-3,7H2,1H3,(H,9,10). The van der Waals surface area contributed by atoms with E-state index in [4.69, 9.17) is 10.6 Å². The van der Waals surface area contributed by atoms with E-state index in [2.05, 4.69) is 10.7 Å². The van der Waals surface area contributed by atoms with Crippen molar-refractivity contribution in [1.82, 2.24) is 10.7 Å². The molecule has 2 unspecified atom stereocenters. The molecule has 11 heavy (non-hydrogen) atoms. The lowest BCUT2D eigenvalue weighted by Crippen LogP contribution is -2.44. The third kappa shape index (κ3) is 1.68. The van der Waals surface area contributed by atoms with Crippen LogP contribution in [0, 0.1) is 5.92 Å². The Hall–Kier alpha value is -0.650. The van der Waals surface area contributed by atoms with Crippen molar-refractivity contribution in [3.63, 3.8) is 0 Å². The van der Waals surface area contributed by atoms with Crippen LogP contribution in [-0.2, 0) is 9.53 Å². The van der Waals surface area contributed by atoms with Crippen LogP contribution in [0.15, 0.2) is 0 Å². The van der Waals surface area contributed by atoms with Crippen molar-refractivity contribution in [2.45, 2.75) is 6.04 Å². The summed E-state index contributed by atoms with van der Waals surface area (Å²) in [7, 11) is 1.80. The van der Waals surface area contributed by atoms with E-state index in [0.717, 1.165) is 0 Å². The lowest BCUT2D eigenvalue weighted by Gasteiger charge is -2.13. The summed E-state index contributed by atoms with van der Waals surface area (Å²) in [5, 5.41) is 2.99. The summed E-state index contributed by atoms with van der Waals surface area (Å²) >= 11 is 0. The third-order valence-electron chi connectivity index (χ3n) is 1.93. The molecule has 0 aromatic rings. The largest absolute Gasteiger partial charge is 0.379 e. The van der Waals surface area contributed by atoms with Gasteiger partial charge in [0.25, 0.3) is 0 Å². The Morgan fingerprint density at radius 1 is 1.64 bits per heavy atom. The predicted octanol–water partition coefficient (Wildman–Crippen LogP) is -1.79. The van der Waals surface area contributed by atoms with Crippen LogP contribution in [0.1, 0.15) is 0 Å². The van der Waals surface area contributed by atoms with E-state index in [0.29, 0.717) is 13.2 Å². The average molecular weight is 159 g/mol. The minimum Gasteiger partial charge on any atom is -0.379 e. The van der Waals surface area contributed by atoms with Crippen molar-refractivity contribution in [3.05, 3.63) is 0 Å². The van der Waals surface area contributed by atoms with E-state index in [9.17, 15) is 4.79 Å². The van der Waals surface area contributed by atoms with E-state index in [1.54, 1.807) is 7.05 Å². The molecule has 1 amide bonds. The second kappa shape index (κ2) is 3.66. The van der Waals surface area contributed by atoms with Gasteiger partial charge in [-0.05, 0) is 7.05 Å². The molecule has 4 N–H and O–H groups in total. The molecule has 2 atom stereocenters. The molecule has 5 heteroatoms. The minimum atomic E-state index is -0.165. The smallest absolute Gasteiger partial charge is 0.240 e. The molecule has 0 aliphatic carbocycles. The summed E-state index contributed by atoms with van der Waals surface area (Å²) in [5.41, 5.74) is 2.11. The van der Waals surface area contributed by atoms with Crippen LogP contribution >= 0.6 is 0 Å². The zero-order valence-electron chi connectivity index (χ0n) is 6.46. The predicted molar refractivity (Wildman–Crippen MR) is 39.5 cm³/mol. The molecule has 0 aromatic heterocycles. The maximum atomic E-state index is 11.0. The van der Waals surface area contributed by atoms with E-state index in [1.165, 1.54) is 0 Å². The summed E-state index contributed by atoms with van der Waals surface area (Å²) in [4.78, 5) is 11.0. The van der Waals surface area contributed by atoms with Gasteiger partial charge in [0.05, 0.1) is 19.1 Å². The molecule has 1 aliphatic heterocycles. The molecule has 0 saturated carbocycles. The highest BCUT2D eigenvalue weighted by atomic mass is 16.5. The lowest BCUT2D eigenvalue weighted by atomic mass is 10.0. The second-order valence-electron chi connectivity index (χ2n) is 2.55. The summed E-state index contributed by atoms with van der Waals surface area (Å²) in [6.07, 6.45) is 0. The number of hydrogen-bond donors (Lipinski definition) is 3. The zero-order valence-corrected chi connectivity index (χ0v) is 6.46. The Labute approximate surface area is 65.2 Å². The maximum Gasteiger partial charge on any atom is 0.240 e. The van der Waals surface area contributed by atoms with E-state index in [1.807, 2.05) is 0 Å². The highest BCUT2D eigenvalue weighted by Gasteiger charge is 2.32. The van der Waals surface area contributed by atoms with Crippen LogP contribution in [0.5, 0.6) is 0 Å². The van der Waals surface area contributed by atoms with Gasteiger partial charge in [0, 0.05) is 6.04 Å². The van der Waals surface area contributed by atoms with E-state index in [-0.39, 0.29) is 17.9 Å². The molecule has 1 fully saturated rings. The minimum absolute atomic E-state index is 0.0959. The Morgan fingerprint density at radius 3 is 2.91 bits per heavy atom. The van der Waals surface area contributed by atoms with E-state index >= 15 is 0 Å². The molecule has 0 spiro atoms. The number of amides is 1. The second-order valence-corrected chi connectivity index (χ2v) is 2.55. The first-order valence-electron chi connectivity index (χ1n) is 3.55. The molecular weight excluding hydrogens is 146 g/mol. The molecular formula is C6H13N3O2. The normalized spacial score (nSPS) is 30.4. The molecule has 64 valence electrons. The molecule has 0 aromatic carbocycles. The van der Waals surface area contributed by atoms with Gasteiger partial charge in [-0.2, -0.15) is 0 Å². The molecule has 0 radical (unpaired) electrons. The number of nitrogens with one attached hydrogen (secondary N) is 2. The van der Waals surface area contributed by atoms with Gasteiger partial charge in [0.15, 0.2) is 0 Å². The summed E-state index contributed by atoms with van der Waals surface area (Å²) < 4.78 is 5.10. The van der Waals surface area contributed by atoms with E-state index < -0.39 is 0 Å². The van der Waals surface area contributed by atoms with Crippen molar-refractivity contribution in [2.24, 2.45) is 11.8 Å². The van der Waals surface area contributed by atoms with Crippen molar-refractivity contribution < 1.29 is 9.53 Å². The lowest BCUT2D eigenvalue weighted by molar-refractivity contribution is -0.125. The zero-order chi connectivity index (χ0) is 8.27. The Morgan fingerprint density at radius 2 is 2.36 bits per heavy atom. The topological polar surface area (TPSA) is 76.4 Å². The van der Waals surface area contributed by atoms with Crippen LogP contribution in [-0.4, -0.2) is 32.2 Å². The van der Waals surface area contributed by atoms with Gasteiger partial charge in [0.1, 0.15) is 0 Å². The number of rotatable bonds is 2. The number of carbonyl (C=O) groups is 1. The molecule has 1 aliphatic rings. The first kappa shape index (κ1) is 8.45. The highest BCUT2D eigenvalue weighted by molar-refractivity contribution is 5.79. The number of carbonyl (C=O) groups excluding carboxylic acids is 1. The monoisotopic (exact) mass is 159 g/mol. The summed E-state index contributed by atoms with van der Waals surface area (Å²) in [5.74, 6) is 4.67. The van der Waals surface area contributed by atoms with Gasteiger partial charge in [-0.25, -0.2) is 5.84 Å². The number of hydrogen-bond acceptors (Lipinski definition) is 4. The quantitative estimate of drug-likeness (QED) is 0.253. The molecule has 5 nitrogen and oxygen atoms in total. The van der Waals surface area contributed by atoms with Crippen LogP contribution in [0.4, 0.5) is 0 Å². The van der Waals surface area contributed by atoms with Crippen molar-refractivity contribution in [2.75, 3.05) is 20.3 Å². The maximum absolute atomic E-state index is 11.0. The van der Waals surface area contributed by atoms with Gasteiger partial charge in [0.2, 0.25) is 5.91 Å². The van der Waals surface area contributed by atoms with Crippen LogP contribution in [0.3, 0.4) is 0 Å². The Kier molecular flexibility index (Phi) is 2.81. The van der Waals surface area contributed by atoms with Crippen LogP contribution in [0.25, 0.3) is 0 Å². The number of nitrogens with two attached hydrogens (primary N) is 1. The number of ether oxygens (including phenoxy) is 1. The first-order chi connectivity index (χ1) is 5.29. The van der Waals surface area contributed by atoms with Crippen molar-refractivity contribution in [1.29, 1.82) is 0 Å². The van der Waals surface area contributed by atoms with Gasteiger partial charge >= 0.3 is 0 Å². The first-order valence-corrected chi connectivity index (χ1v) is 3.55. The highest BCUT2D eigenvalue weighted by Crippen LogP contribution is 2.12. The fourth-order valence-corrected chi connectivity index (χ4v) is 1.20. The molecule has 1 heterocycles. The van der Waals surface area contributed by atoms with Gasteiger partial charge in [-0.1, -0.05) is 0 Å². The summed E-state index contributed by atoms with van der Waals surface area (Å²) in [6.45, 7) is 1.03. The average Bonchev–Trinajstić information content (AvgIpc) is 2.50. The molecule has 0 bridgehead atoms. The molecule has 1 rings (SSSR count). The van der Waals surface area contributed by atoms with Crippen LogP contribution < -0.4 is 16.6 Å². The Balaban J connectivity index is 2.49.